The van der Waals surface area contributed by atoms with E-state index >= 15 is 0 Å². The highest BCUT2D eigenvalue weighted by Crippen LogP contribution is 2.32. The van der Waals surface area contributed by atoms with Gasteiger partial charge in [-0.05, 0) is 36.2 Å². The predicted octanol–water partition coefficient (Wildman–Crippen LogP) is 3.08. The van der Waals surface area contributed by atoms with E-state index in [0.29, 0.717) is 0 Å². The van der Waals surface area contributed by atoms with Crippen molar-refractivity contribution in [1.29, 1.82) is 0 Å². The summed E-state index contributed by atoms with van der Waals surface area (Å²) in [5.41, 5.74) is 7.76. The Hall–Kier alpha value is -1.65. The van der Waals surface area contributed by atoms with Crippen LogP contribution in [0.15, 0.2) is 36.5 Å². The summed E-state index contributed by atoms with van der Waals surface area (Å²) in [5, 5.41) is 0.121. The molecule has 2 heterocycles. The molecule has 0 saturated carbocycles. The highest BCUT2D eigenvalue weighted by atomic mass is 35.5. The minimum atomic E-state index is -0.413. The maximum atomic E-state index is 13.3. The third-order valence-electron chi connectivity index (χ3n) is 3.54. The average molecular weight is 292 g/mol. The van der Waals surface area contributed by atoms with Gasteiger partial charge in [-0.2, -0.15) is 0 Å². The number of aromatic nitrogens is 1. The molecule has 20 heavy (non-hydrogen) atoms. The summed E-state index contributed by atoms with van der Waals surface area (Å²) in [6, 6.07) is 8.75. The van der Waals surface area contributed by atoms with Gasteiger partial charge in [0, 0.05) is 30.9 Å². The average Bonchev–Trinajstić information content (AvgIpc) is 2.88. The van der Waals surface area contributed by atoms with E-state index in [-0.39, 0.29) is 11.1 Å². The first-order valence-electron chi connectivity index (χ1n) is 6.56. The van der Waals surface area contributed by atoms with Gasteiger partial charge in [0.25, 0.3) is 0 Å². The van der Waals surface area contributed by atoms with Gasteiger partial charge in [0.2, 0.25) is 0 Å². The second kappa shape index (κ2) is 5.38. The maximum absolute atomic E-state index is 13.3. The quantitative estimate of drug-likeness (QED) is 0.924. The molecule has 3 rings (SSSR count). The molecule has 1 fully saturated rings. The Morgan fingerprint density at radius 2 is 2.20 bits per heavy atom. The van der Waals surface area contributed by atoms with Gasteiger partial charge in [0.1, 0.15) is 11.6 Å². The number of halogens is 2. The van der Waals surface area contributed by atoms with Crippen LogP contribution in [0.3, 0.4) is 0 Å². The van der Waals surface area contributed by atoms with Crippen molar-refractivity contribution in [1.82, 2.24) is 4.98 Å². The molecule has 1 atom stereocenters. The first-order valence-corrected chi connectivity index (χ1v) is 6.94. The SMILES string of the molecule is NC1CCN(c2ncccc2-c2ccc(F)c(Cl)c2)C1. The Bertz CT molecular complexity index is 632. The van der Waals surface area contributed by atoms with Gasteiger partial charge in [-0.25, -0.2) is 9.37 Å². The summed E-state index contributed by atoms with van der Waals surface area (Å²) in [7, 11) is 0. The number of rotatable bonds is 2. The number of hydrogen-bond donors (Lipinski definition) is 1. The number of pyridine rings is 1. The Morgan fingerprint density at radius 3 is 2.90 bits per heavy atom. The predicted molar refractivity (Wildman–Crippen MR) is 79.4 cm³/mol. The summed E-state index contributed by atoms with van der Waals surface area (Å²) in [5.74, 6) is 0.465. The van der Waals surface area contributed by atoms with Crippen LogP contribution in [0, 0.1) is 5.82 Å². The van der Waals surface area contributed by atoms with Gasteiger partial charge in [-0.15, -0.1) is 0 Å². The standard InChI is InChI=1S/C15H15ClFN3/c16-13-8-10(3-4-14(13)17)12-2-1-6-19-15(12)20-7-5-11(18)9-20/h1-4,6,8,11H,5,7,9,18H2. The lowest BCUT2D eigenvalue weighted by atomic mass is 10.1. The summed E-state index contributed by atoms with van der Waals surface area (Å²) < 4.78 is 13.3. The smallest absolute Gasteiger partial charge is 0.141 e. The molecule has 0 spiro atoms. The maximum Gasteiger partial charge on any atom is 0.141 e. The fourth-order valence-electron chi connectivity index (χ4n) is 2.52. The molecule has 1 aliphatic heterocycles. The molecule has 1 aromatic heterocycles. The molecule has 0 aliphatic carbocycles. The van der Waals surface area contributed by atoms with Crippen molar-refractivity contribution in [3.63, 3.8) is 0 Å². The fraction of sp³-hybridized carbons (Fsp3) is 0.267. The lowest BCUT2D eigenvalue weighted by Crippen LogP contribution is -2.27. The summed E-state index contributed by atoms with van der Waals surface area (Å²) >= 11 is 5.87. The van der Waals surface area contributed by atoms with E-state index in [9.17, 15) is 4.39 Å². The molecule has 1 unspecified atom stereocenters. The minimum absolute atomic E-state index is 0.121. The van der Waals surface area contributed by atoms with Crippen LogP contribution >= 0.6 is 11.6 Å². The lowest BCUT2D eigenvalue weighted by molar-refractivity contribution is 0.628. The number of nitrogens with zero attached hydrogens (tertiary/aromatic N) is 2. The van der Waals surface area contributed by atoms with E-state index in [4.69, 9.17) is 17.3 Å². The molecule has 2 N–H and O–H groups in total. The number of anilines is 1. The molecule has 0 radical (unpaired) electrons. The minimum Gasteiger partial charge on any atom is -0.354 e. The molecule has 5 heteroatoms. The zero-order valence-corrected chi connectivity index (χ0v) is 11.6. The molecule has 0 bridgehead atoms. The Morgan fingerprint density at radius 1 is 1.35 bits per heavy atom. The van der Waals surface area contributed by atoms with Crippen molar-refractivity contribution in [2.45, 2.75) is 12.5 Å². The monoisotopic (exact) mass is 291 g/mol. The van der Waals surface area contributed by atoms with E-state index in [1.54, 1.807) is 18.3 Å². The van der Waals surface area contributed by atoms with Crippen LogP contribution in [0.4, 0.5) is 10.2 Å². The molecule has 1 saturated heterocycles. The highest BCUT2D eigenvalue weighted by molar-refractivity contribution is 6.31. The van der Waals surface area contributed by atoms with Crippen molar-refractivity contribution in [2.24, 2.45) is 5.73 Å². The van der Waals surface area contributed by atoms with Gasteiger partial charge in [-0.1, -0.05) is 17.7 Å². The highest BCUT2D eigenvalue weighted by Gasteiger charge is 2.22. The molecule has 3 nitrogen and oxygen atoms in total. The van der Waals surface area contributed by atoms with Crippen LogP contribution < -0.4 is 10.6 Å². The Labute approximate surface area is 122 Å². The van der Waals surface area contributed by atoms with E-state index in [1.165, 1.54) is 6.07 Å². The number of hydrogen-bond acceptors (Lipinski definition) is 3. The van der Waals surface area contributed by atoms with Crippen LogP contribution in [0.1, 0.15) is 6.42 Å². The van der Waals surface area contributed by atoms with Crippen molar-refractivity contribution < 1.29 is 4.39 Å². The zero-order valence-electron chi connectivity index (χ0n) is 10.9. The number of nitrogens with two attached hydrogens (primary N) is 1. The molecule has 1 aromatic carbocycles. The molecule has 104 valence electrons. The van der Waals surface area contributed by atoms with Crippen molar-refractivity contribution in [3.05, 3.63) is 47.4 Å². The van der Waals surface area contributed by atoms with Crippen LogP contribution in [0.5, 0.6) is 0 Å². The van der Waals surface area contributed by atoms with Gasteiger partial charge in [-0.3, -0.25) is 0 Å². The molecular weight excluding hydrogens is 277 g/mol. The lowest BCUT2D eigenvalue weighted by Gasteiger charge is -2.20. The first-order chi connectivity index (χ1) is 9.65. The molecular formula is C15H15ClFN3. The summed E-state index contributed by atoms with van der Waals surface area (Å²) in [6.07, 6.45) is 2.72. The third-order valence-corrected chi connectivity index (χ3v) is 3.83. The topological polar surface area (TPSA) is 42.1 Å². The Balaban J connectivity index is 2.03. The van der Waals surface area contributed by atoms with Crippen LogP contribution in [-0.2, 0) is 0 Å². The molecule has 1 aliphatic rings. The molecule has 2 aromatic rings. The van der Waals surface area contributed by atoms with Gasteiger partial charge >= 0.3 is 0 Å². The van der Waals surface area contributed by atoms with Crippen molar-refractivity contribution in [2.75, 3.05) is 18.0 Å². The zero-order chi connectivity index (χ0) is 14.1. The second-order valence-electron chi connectivity index (χ2n) is 5.00. The van der Waals surface area contributed by atoms with Crippen molar-refractivity contribution in [3.8, 4) is 11.1 Å². The fourth-order valence-corrected chi connectivity index (χ4v) is 2.70. The van der Waals surface area contributed by atoms with Crippen LogP contribution in [0.25, 0.3) is 11.1 Å². The summed E-state index contributed by atoms with van der Waals surface area (Å²) in [6.45, 7) is 1.68. The second-order valence-corrected chi connectivity index (χ2v) is 5.41. The van der Waals surface area contributed by atoms with Gasteiger partial charge in [0.15, 0.2) is 0 Å². The van der Waals surface area contributed by atoms with E-state index in [2.05, 4.69) is 9.88 Å². The van der Waals surface area contributed by atoms with Crippen LogP contribution in [0.2, 0.25) is 5.02 Å². The van der Waals surface area contributed by atoms with E-state index in [0.717, 1.165) is 36.5 Å². The van der Waals surface area contributed by atoms with E-state index in [1.807, 2.05) is 12.1 Å². The summed E-state index contributed by atoms with van der Waals surface area (Å²) in [4.78, 5) is 6.62. The van der Waals surface area contributed by atoms with Crippen LogP contribution in [-0.4, -0.2) is 24.1 Å². The largest absolute Gasteiger partial charge is 0.354 e. The number of benzene rings is 1. The van der Waals surface area contributed by atoms with Gasteiger partial charge < -0.3 is 10.6 Å². The normalized spacial score (nSPS) is 18.6. The van der Waals surface area contributed by atoms with Gasteiger partial charge in [0.05, 0.1) is 5.02 Å². The first kappa shape index (κ1) is 13.3. The van der Waals surface area contributed by atoms with E-state index < -0.39 is 5.82 Å². The third kappa shape index (κ3) is 2.49. The Kier molecular flexibility index (Phi) is 3.59. The van der Waals surface area contributed by atoms with Crippen molar-refractivity contribution >= 4 is 17.4 Å². The molecule has 0 amide bonds.